The summed E-state index contributed by atoms with van der Waals surface area (Å²) in [4.78, 5) is 0. The van der Waals surface area contributed by atoms with Crippen LogP contribution in [0.4, 0.5) is 0 Å². The van der Waals surface area contributed by atoms with Crippen LogP contribution in [0.3, 0.4) is 0 Å². The van der Waals surface area contributed by atoms with Gasteiger partial charge in [-0.2, -0.15) is 0 Å². The van der Waals surface area contributed by atoms with Gasteiger partial charge in [0.2, 0.25) is 0 Å². The molecule has 3 heteroatoms. The molecule has 0 aliphatic carbocycles. The maximum Gasteiger partial charge on any atom is 0.110 e. The van der Waals surface area contributed by atoms with Gasteiger partial charge in [-0.25, -0.2) is 5.11 Å². The molecule has 0 saturated heterocycles. The zero-order valence-electron chi connectivity index (χ0n) is 14.9. The maximum absolute atomic E-state index is 10.3. The molecule has 0 bridgehead atoms. The van der Waals surface area contributed by atoms with Gasteiger partial charge in [-0.05, 0) is 6.42 Å². The average molecular weight is 316 g/mol. The average Bonchev–Trinajstić information content (AvgIpc) is 2.54. The number of ether oxygens (including phenoxy) is 1. The zero-order chi connectivity index (χ0) is 16.3. The predicted molar refractivity (Wildman–Crippen MR) is 92.7 cm³/mol. The van der Waals surface area contributed by atoms with Crippen LogP contribution in [0.25, 0.3) is 0 Å². The summed E-state index contributed by atoms with van der Waals surface area (Å²) in [6.45, 7) is 2.68. The first-order valence-electron chi connectivity index (χ1n) is 9.65. The first-order chi connectivity index (χ1) is 10.8. The highest BCUT2D eigenvalue weighted by atomic mass is 16.5. The fraction of sp³-hybridized carbons (Fsp3) is 1.00. The largest absolute Gasteiger partial charge is 0.388 e. The minimum Gasteiger partial charge on any atom is -0.388 e. The number of unbranched alkanes of at least 4 members (excludes halogenated alkanes) is 13. The number of hydrogen-bond donors (Lipinski definition) is 1. The van der Waals surface area contributed by atoms with E-state index in [-0.39, 0.29) is 6.61 Å². The molecule has 1 radical (unpaired) electrons. The molecule has 0 aromatic carbocycles. The Morgan fingerprint density at radius 1 is 0.727 bits per heavy atom. The molecule has 1 unspecified atom stereocenters. The summed E-state index contributed by atoms with van der Waals surface area (Å²) < 4.78 is 5.24. The Morgan fingerprint density at radius 2 is 1.14 bits per heavy atom. The topological polar surface area (TPSA) is 49.4 Å². The van der Waals surface area contributed by atoms with Crippen molar-refractivity contribution in [2.75, 3.05) is 19.8 Å². The number of hydrogen-bond acceptors (Lipinski definition) is 2. The summed E-state index contributed by atoms with van der Waals surface area (Å²) in [6.07, 6.45) is 18.1. The van der Waals surface area contributed by atoms with Gasteiger partial charge in [0.05, 0.1) is 6.61 Å². The van der Waals surface area contributed by atoms with E-state index in [4.69, 9.17) is 9.84 Å². The Balaban J connectivity index is 2.97. The van der Waals surface area contributed by atoms with Crippen molar-refractivity contribution in [2.45, 2.75) is 103 Å². The standard InChI is InChI=1S/C19H39O3/c1-2-3-4-5-6-7-8-9-10-11-12-13-14-15-16-22-18-19(21)17-20/h19,21H,2-18H2,1H3. The van der Waals surface area contributed by atoms with E-state index in [2.05, 4.69) is 6.92 Å². The summed E-state index contributed by atoms with van der Waals surface area (Å²) in [5.41, 5.74) is 0. The molecular formula is C19H39O3. The van der Waals surface area contributed by atoms with E-state index in [1.807, 2.05) is 0 Å². The summed E-state index contributed by atoms with van der Waals surface area (Å²) >= 11 is 0. The van der Waals surface area contributed by atoms with Gasteiger partial charge < -0.3 is 9.84 Å². The fourth-order valence-electron chi connectivity index (χ4n) is 2.67. The molecule has 0 aliphatic rings. The van der Waals surface area contributed by atoms with Crippen molar-refractivity contribution in [1.82, 2.24) is 0 Å². The van der Waals surface area contributed by atoms with Gasteiger partial charge >= 0.3 is 0 Å². The van der Waals surface area contributed by atoms with Crippen LogP contribution in [0.2, 0.25) is 0 Å². The van der Waals surface area contributed by atoms with E-state index >= 15 is 0 Å². The highest BCUT2D eigenvalue weighted by molar-refractivity contribution is 4.51. The first kappa shape index (κ1) is 21.9. The smallest absolute Gasteiger partial charge is 0.110 e. The van der Waals surface area contributed by atoms with Crippen LogP contribution >= 0.6 is 0 Å². The van der Waals surface area contributed by atoms with Crippen molar-refractivity contribution in [2.24, 2.45) is 0 Å². The molecule has 0 fully saturated rings. The Kier molecular flexibility index (Phi) is 18.8. The minimum absolute atomic E-state index is 0.196. The van der Waals surface area contributed by atoms with Crippen molar-refractivity contribution in [3.8, 4) is 0 Å². The molecule has 0 aliphatic heterocycles. The molecule has 0 spiro atoms. The zero-order valence-corrected chi connectivity index (χ0v) is 14.9. The summed E-state index contributed by atoms with van der Waals surface area (Å²) in [5.74, 6) is 0. The fourth-order valence-corrected chi connectivity index (χ4v) is 2.67. The van der Waals surface area contributed by atoms with Crippen LogP contribution in [0.1, 0.15) is 96.8 Å². The monoisotopic (exact) mass is 315 g/mol. The Hall–Kier alpha value is -0.120. The first-order valence-corrected chi connectivity index (χ1v) is 9.65. The van der Waals surface area contributed by atoms with E-state index < -0.39 is 12.7 Å². The third-order valence-corrected chi connectivity index (χ3v) is 4.14. The number of aliphatic hydroxyl groups excluding tert-OH is 1. The summed E-state index contributed by atoms with van der Waals surface area (Å²) in [5, 5.41) is 19.3. The molecule has 0 rings (SSSR count). The molecule has 0 heterocycles. The summed E-state index contributed by atoms with van der Waals surface area (Å²) in [7, 11) is 0. The lowest BCUT2D eigenvalue weighted by Gasteiger charge is -2.07. The van der Waals surface area contributed by atoms with Crippen LogP contribution in [0, 0.1) is 0 Å². The molecule has 0 aromatic rings. The minimum atomic E-state index is -0.827. The van der Waals surface area contributed by atoms with Crippen LogP contribution in [-0.4, -0.2) is 31.0 Å². The third kappa shape index (κ3) is 17.9. The van der Waals surface area contributed by atoms with Crippen LogP contribution in [-0.2, 0) is 9.84 Å². The Bertz CT molecular complexity index is 197. The molecule has 22 heavy (non-hydrogen) atoms. The van der Waals surface area contributed by atoms with Gasteiger partial charge in [0, 0.05) is 6.61 Å². The van der Waals surface area contributed by atoms with Gasteiger partial charge in [0.1, 0.15) is 12.7 Å². The van der Waals surface area contributed by atoms with E-state index in [9.17, 15) is 5.11 Å². The Labute approximate surface area is 138 Å². The van der Waals surface area contributed by atoms with Gasteiger partial charge in [-0.3, -0.25) is 0 Å². The molecule has 133 valence electrons. The lowest BCUT2D eigenvalue weighted by Crippen LogP contribution is -2.18. The Morgan fingerprint density at radius 3 is 1.55 bits per heavy atom. The van der Waals surface area contributed by atoms with E-state index in [1.54, 1.807) is 0 Å². The molecule has 0 saturated carbocycles. The van der Waals surface area contributed by atoms with Crippen molar-refractivity contribution in [3.63, 3.8) is 0 Å². The highest BCUT2D eigenvalue weighted by Crippen LogP contribution is 2.12. The number of rotatable bonds is 18. The lowest BCUT2D eigenvalue weighted by atomic mass is 10.0. The van der Waals surface area contributed by atoms with Crippen molar-refractivity contribution in [1.29, 1.82) is 0 Å². The highest BCUT2D eigenvalue weighted by Gasteiger charge is 2.01. The van der Waals surface area contributed by atoms with Gasteiger partial charge in [-0.15, -0.1) is 0 Å². The van der Waals surface area contributed by atoms with Crippen molar-refractivity contribution in [3.05, 3.63) is 0 Å². The molecule has 0 amide bonds. The third-order valence-electron chi connectivity index (χ3n) is 4.14. The molecular weight excluding hydrogens is 276 g/mol. The van der Waals surface area contributed by atoms with E-state index in [1.165, 1.54) is 83.5 Å². The van der Waals surface area contributed by atoms with Crippen molar-refractivity contribution < 1.29 is 14.9 Å². The number of aliphatic hydroxyl groups is 1. The van der Waals surface area contributed by atoms with Crippen LogP contribution in [0.5, 0.6) is 0 Å². The maximum atomic E-state index is 10.3. The molecule has 0 aromatic heterocycles. The normalized spacial score (nSPS) is 12.7. The van der Waals surface area contributed by atoms with Gasteiger partial charge in [0.25, 0.3) is 0 Å². The second-order valence-corrected chi connectivity index (χ2v) is 6.49. The van der Waals surface area contributed by atoms with Gasteiger partial charge in [0.15, 0.2) is 0 Å². The van der Waals surface area contributed by atoms with Crippen molar-refractivity contribution >= 4 is 0 Å². The molecule has 1 N–H and O–H groups in total. The van der Waals surface area contributed by atoms with Crippen LogP contribution < -0.4 is 0 Å². The predicted octanol–water partition coefficient (Wildman–Crippen LogP) is 5.28. The van der Waals surface area contributed by atoms with Crippen LogP contribution in [0.15, 0.2) is 0 Å². The lowest BCUT2D eigenvalue weighted by molar-refractivity contribution is -0.0127. The molecule has 1 atom stereocenters. The van der Waals surface area contributed by atoms with Gasteiger partial charge in [-0.1, -0.05) is 90.4 Å². The summed E-state index contributed by atoms with van der Waals surface area (Å²) in [6, 6.07) is 0. The van der Waals surface area contributed by atoms with E-state index in [0.29, 0.717) is 6.61 Å². The SMILES string of the molecule is CCCCCCCCCCCCCCCCOCC(O)C[O]. The van der Waals surface area contributed by atoms with E-state index in [0.717, 1.165) is 6.42 Å². The second-order valence-electron chi connectivity index (χ2n) is 6.49. The quantitative estimate of drug-likeness (QED) is 0.350. The molecule has 3 nitrogen and oxygen atoms in total. The second kappa shape index (κ2) is 18.9.